The summed E-state index contributed by atoms with van der Waals surface area (Å²) in [6, 6.07) is 5.22. The summed E-state index contributed by atoms with van der Waals surface area (Å²) in [6.07, 6.45) is -4.31. The van der Waals surface area contributed by atoms with Crippen LogP contribution in [0.2, 0.25) is 0 Å². The monoisotopic (exact) mass is 297 g/mol. The van der Waals surface area contributed by atoms with Crippen molar-refractivity contribution < 1.29 is 13.2 Å². The second-order valence-electron chi connectivity index (χ2n) is 5.14. The molecule has 0 amide bonds. The lowest BCUT2D eigenvalue weighted by Crippen LogP contribution is -2.19. The van der Waals surface area contributed by atoms with Gasteiger partial charge in [-0.15, -0.1) is 0 Å². The average Bonchev–Trinajstić information content (AvgIpc) is 2.75. The Bertz CT molecular complexity index is 597. The average molecular weight is 297 g/mol. The Kier molecular flexibility index (Phi) is 4.37. The van der Waals surface area contributed by atoms with E-state index in [1.165, 1.54) is 12.1 Å². The highest BCUT2D eigenvalue weighted by atomic mass is 19.4. The lowest BCUT2D eigenvalue weighted by atomic mass is 10.0. The molecule has 21 heavy (non-hydrogen) atoms. The number of rotatable bonds is 4. The molecule has 0 radical (unpaired) electrons. The Hall–Kier alpha value is -1.82. The highest BCUT2D eigenvalue weighted by Crippen LogP contribution is 2.30. The summed E-state index contributed by atoms with van der Waals surface area (Å²) in [4.78, 5) is 0. The normalized spacial score (nSPS) is 13.4. The highest BCUT2D eigenvalue weighted by Gasteiger charge is 2.30. The first-order chi connectivity index (χ1) is 9.79. The molecule has 1 heterocycles. The first-order valence-electron chi connectivity index (χ1n) is 6.70. The van der Waals surface area contributed by atoms with E-state index in [0.717, 1.165) is 23.0 Å². The van der Waals surface area contributed by atoms with Crippen molar-refractivity contribution in [3.8, 4) is 0 Å². The number of aromatic amines is 1. The molecule has 2 N–H and O–H groups in total. The third kappa shape index (κ3) is 3.64. The van der Waals surface area contributed by atoms with E-state index in [2.05, 4.69) is 15.5 Å². The SMILES string of the molecule is Cc1n[nH]c(C)c1CNC(C)c1cccc(C(F)(F)F)c1. The Labute approximate surface area is 121 Å². The molecule has 114 valence electrons. The third-order valence-corrected chi connectivity index (χ3v) is 3.58. The van der Waals surface area contributed by atoms with Crippen molar-refractivity contribution in [1.82, 2.24) is 15.5 Å². The fourth-order valence-electron chi connectivity index (χ4n) is 2.19. The summed E-state index contributed by atoms with van der Waals surface area (Å²) in [5.41, 5.74) is 2.91. The van der Waals surface area contributed by atoms with Crippen LogP contribution in [0.5, 0.6) is 0 Å². The van der Waals surface area contributed by atoms with Gasteiger partial charge in [-0.2, -0.15) is 18.3 Å². The van der Waals surface area contributed by atoms with Crippen LogP contribution in [-0.2, 0) is 12.7 Å². The largest absolute Gasteiger partial charge is 0.416 e. The van der Waals surface area contributed by atoms with E-state index in [1.54, 1.807) is 6.07 Å². The van der Waals surface area contributed by atoms with E-state index in [0.29, 0.717) is 12.1 Å². The number of H-pyrrole nitrogens is 1. The van der Waals surface area contributed by atoms with Gasteiger partial charge in [0.05, 0.1) is 11.3 Å². The predicted molar refractivity (Wildman–Crippen MR) is 74.8 cm³/mol. The van der Waals surface area contributed by atoms with Crippen molar-refractivity contribution in [3.63, 3.8) is 0 Å². The number of aryl methyl sites for hydroxylation is 2. The van der Waals surface area contributed by atoms with Gasteiger partial charge in [0.25, 0.3) is 0 Å². The van der Waals surface area contributed by atoms with E-state index in [9.17, 15) is 13.2 Å². The van der Waals surface area contributed by atoms with Crippen molar-refractivity contribution in [1.29, 1.82) is 0 Å². The van der Waals surface area contributed by atoms with Gasteiger partial charge in [-0.05, 0) is 38.5 Å². The van der Waals surface area contributed by atoms with Crippen LogP contribution in [0.4, 0.5) is 13.2 Å². The number of aromatic nitrogens is 2. The Morgan fingerprint density at radius 3 is 2.57 bits per heavy atom. The topological polar surface area (TPSA) is 40.7 Å². The summed E-state index contributed by atoms with van der Waals surface area (Å²) >= 11 is 0. The number of halogens is 3. The molecule has 3 nitrogen and oxygen atoms in total. The molecule has 0 aliphatic heterocycles. The molecule has 1 atom stereocenters. The molecule has 0 aliphatic carbocycles. The van der Waals surface area contributed by atoms with Crippen LogP contribution >= 0.6 is 0 Å². The molecule has 0 bridgehead atoms. The molecule has 2 aromatic rings. The maximum Gasteiger partial charge on any atom is 0.416 e. The van der Waals surface area contributed by atoms with E-state index in [-0.39, 0.29) is 6.04 Å². The van der Waals surface area contributed by atoms with Gasteiger partial charge in [-0.25, -0.2) is 0 Å². The van der Waals surface area contributed by atoms with Crippen LogP contribution in [-0.4, -0.2) is 10.2 Å². The molecule has 0 spiro atoms. The molecule has 2 rings (SSSR count). The van der Waals surface area contributed by atoms with Crippen molar-refractivity contribution in [3.05, 3.63) is 52.3 Å². The van der Waals surface area contributed by atoms with Crippen molar-refractivity contribution >= 4 is 0 Å². The molecule has 0 saturated carbocycles. The van der Waals surface area contributed by atoms with Crippen LogP contribution in [0.25, 0.3) is 0 Å². The van der Waals surface area contributed by atoms with Gasteiger partial charge in [0, 0.05) is 23.8 Å². The molecule has 1 aromatic carbocycles. The smallest absolute Gasteiger partial charge is 0.306 e. The van der Waals surface area contributed by atoms with Crippen LogP contribution in [0.15, 0.2) is 24.3 Å². The number of benzene rings is 1. The van der Waals surface area contributed by atoms with Crippen LogP contribution in [0, 0.1) is 13.8 Å². The van der Waals surface area contributed by atoms with Crippen LogP contribution in [0.1, 0.15) is 41.0 Å². The van der Waals surface area contributed by atoms with Gasteiger partial charge in [-0.1, -0.05) is 12.1 Å². The molecule has 6 heteroatoms. The van der Waals surface area contributed by atoms with Crippen molar-refractivity contribution in [2.45, 2.75) is 39.5 Å². The fourth-order valence-corrected chi connectivity index (χ4v) is 2.19. The Morgan fingerprint density at radius 1 is 1.29 bits per heavy atom. The number of hydrogen-bond donors (Lipinski definition) is 2. The second kappa shape index (κ2) is 5.89. The standard InChI is InChI=1S/C15H18F3N3/c1-9(19-8-14-10(2)20-21-11(14)3)12-5-4-6-13(7-12)15(16,17)18/h4-7,9,19H,8H2,1-3H3,(H,20,21). The van der Waals surface area contributed by atoms with Gasteiger partial charge in [0.2, 0.25) is 0 Å². The summed E-state index contributed by atoms with van der Waals surface area (Å²) in [5, 5.41) is 10.2. The summed E-state index contributed by atoms with van der Waals surface area (Å²) in [6.45, 7) is 6.23. The molecular formula is C15H18F3N3. The maximum absolute atomic E-state index is 12.7. The lowest BCUT2D eigenvalue weighted by molar-refractivity contribution is -0.137. The summed E-state index contributed by atoms with van der Waals surface area (Å²) in [5.74, 6) is 0. The number of hydrogen-bond acceptors (Lipinski definition) is 2. The zero-order chi connectivity index (χ0) is 15.6. The van der Waals surface area contributed by atoms with Gasteiger partial charge < -0.3 is 5.32 Å². The predicted octanol–water partition coefficient (Wildman–Crippen LogP) is 3.90. The van der Waals surface area contributed by atoms with E-state index >= 15 is 0 Å². The van der Waals surface area contributed by atoms with E-state index in [4.69, 9.17) is 0 Å². The quantitative estimate of drug-likeness (QED) is 0.898. The molecule has 0 aliphatic rings. The fraction of sp³-hybridized carbons (Fsp3) is 0.400. The first kappa shape index (κ1) is 15.6. The van der Waals surface area contributed by atoms with E-state index < -0.39 is 11.7 Å². The van der Waals surface area contributed by atoms with Crippen LogP contribution in [0.3, 0.4) is 0 Å². The first-order valence-corrected chi connectivity index (χ1v) is 6.70. The minimum Gasteiger partial charge on any atom is -0.306 e. The van der Waals surface area contributed by atoms with Crippen LogP contribution < -0.4 is 5.32 Å². The third-order valence-electron chi connectivity index (χ3n) is 3.58. The summed E-state index contributed by atoms with van der Waals surface area (Å²) < 4.78 is 38.1. The molecule has 1 aromatic heterocycles. The molecular weight excluding hydrogens is 279 g/mol. The summed E-state index contributed by atoms with van der Waals surface area (Å²) in [7, 11) is 0. The second-order valence-corrected chi connectivity index (χ2v) is 5.14. The molecule has 0 fully saturated rings. The Morgan fingerprint density at radius 2 is 2.00 bits per heavy atom. The van der Waals surface area contributed by atoms with Crippen molar-refractivity contribution in [2.24, 2.45) is 0 Å². The number of nitrogens with zero attached hydrogens (tertiary/aromatic N) is 1. The highest BCUT2D eigenvalue weighted by molar-refractivity contribution is 5.28. The molecule has 1 unspecified atom stereocenters. The minimum atomic E-state index is -4.31. The maximum atomic E-state index is 12.7. The zero-order valence-electron chi connectivity index (χ0n) is 12.2. The van der Waals surface area contributed by atoms with Crippen molar-refractivity contribution in [2.75, 3.05) is 0 Å². The minimum absolute atomic E-state index is 0.180. The van der Waals surface area contributed by atoms with Gasteiger partial charge in [0.1, 0.15) is 0 Å². The number of alkyl halides is 3. The van der Waals surface area contributed by atoms with Gasteiger partial charge >= 0.3 is 6.18 Å². The lowest BCUT2D eigenvalue weighted by Gasteiger charge is -2.16. The Balaban J connectivity index is 2.09. The van der Waals surface area contributed by atoms with Gasteiger partial charge in [-0.3, -0.25) is 5.10 Å². The molecule has 0 saturated heterocycles. The van der Waals surface area contributed by atoms with Gasteiger partial charge in [0.15, 0.2) is 0 Å². The number of nitrogens with one attached hydrogen (secondary N) is 2. The van der Waals surface area contributed by atoms with E-state index in [1.807, 2.05) is 20.8 Å². The zero-order valence-corrected chi connectivity index (χ0v) is 12.2.